The monoisotopic (exact) mass is 229 g/mol. The molecule has 5 nitrogen and oxygen atoms in total. The van der Waals surface area contributed by atoms with Crippen LogP contribution in [0.4, 0.5) is 0 Å². The van der Waals surface area contributed by atoms with E-state index in [4.69, 9.17) is 9.84 Å². The number of amides is 1. The van der Waals surface area contributed by atoms with Gasteiger partial charge in [-0.3, -0.25) is 4.79 Å². The Bertz CT molecular complexity index is 259. The van der Waals surface area contributed by atoms with E-state index in [1.54, 1.807) is 0 Å². The van der Waals surface area contributed by atoms with Crippen LogP contribution in [0.1, 0.15) is 39.0 Å². The van der Waals surface area contributed by atoms with Crippen molar-refractivity contribution >= 4 is 11.9 Å². The molecule has 1 aliphatic rings. The van der Waals surface area contributed by atoms with Crippen molar-refractivity contribution in [2.75, 3.05) is 13.2 Å². The molecule has 0 bridgehead atoms. The second-order valence-electron chi connectivity index (χ2n) is 4.09. The molecule has 0 saturated heterocycles. The van der Waals surface area contributed by atoms with Gasteiger partial charge in [-0.2, -0.15) is 0 Å². The minimum atomic E-state index is -1.02. The van der Waals surface area contributed by atoms with Crippen molar-refractivity contribution in [3.05, 3.63) is 0 Å². The molecule has 0 aromatic carbocycles. The van der Waals surface area contributed by atoms with Gasteiger partial charge in [0.1, 0.15) is 5.54 Å². The first-order valence-corrected chi connectivity index (χ1v) is 5.73. The molecule has 1 saturated carbocycles. The predicted octanol–water partition coefficient (Wildman–Crippen LogP) is 0.927. The molecule has 0 atom stereocenters. The predicted molar refractivity (Wildman–Crippen MR) is 58.1 cm³/mol. The summed E-state index contributed by atoms with van der Waals surface area (Å²) in [5, 5.41) is 11.8. The number of aliphatic carboxylic acids is 1. The third-order valence-corrected chi connectivity index (χ3v) is 2.92. The molecule has 0 aliphatic heterocycles. The summed E-state index contributed by atoms with van der Waals surface area (Å²) < 4.78 is 5.05. The Balaban J connectivity index is 2.43. The maximum Gasteiger partial charge on any atom is 0.329 e. The van der Waals surface area contributed by atoms with Crippen LogP contribution in [0.25, 0.3) is 0 Å². The molecule has 1 rings (SSSR count). The zero-order valence-electron chi connectivity index (χ0n) is 9.62. The largest absolute Gasteiger partial charge is 0.480 e. The number of carbonyl (C=O) groups is 2. The van der Waals surface area contributed by atoms with Crippen LogP contribution >= 0.6 is 0 Å². The van der Waals surface area contributed by atoms with Crippen molar-refractivity contribution in [3.63, 3.8) is 0 Å². The summed E-state index contributed by atoms with van der Waals surface area (Å²) in [5.74, 6) is -1.16. The first-order valence-electron chi connectivity index (χ1n) is 5.73. The molecule has 92 valence electrons. The molecule has 2 N–H and O–H groups in total. The van der Waals surface area contributed by atoms with Crippen molar-refractivity contribution in [1.82, 2.24) is 5.32 Å². The zero-order chi connectivity index (χ0) is 12.0. The Morgan fingerprint density at radius 3 is 2.50 bits per heavy atom. The van der Waals surface area contributed by atoms with Gasteiger partial charge in [-0.1, -0.05) is 12.8 Å². The van der Waals surface area contributed by atoms with Crippen LogP contribution in [-0.2, 0) is 14.3 Å². The van der Waals surface area contributed by atoms with Gasteiger partial charge in [0, 0.05) is 13.0 Å². The molecule has 1 fully saturated rings. The van der Waals surface area contributed by atoms with Gasteiger partial charge < -0.3 is 15.2 Å². The van der Waals surface area contributed by atoms with E-state index in [-0.39, 0.29) is 12.3 Å². The fraction of sp³-hybridized carbons (Fsp3) is 0.818. The summed E-state index contributed by atoms with van der Waals surface area (Å²) in [7, 11) is 0. The number of ether oxygens (including phenoxy) is 1. The maximum absolute atomic E-state index is 11.5. The quantitative estimate of drug-likeness (QED) is 0.664. The number of carbonyl (C=O) groups excluding carboxylic acids is 1. The van der Waals surface area contributed by atoms with E-state index in [2.05, 4.69) is 5.32 Å². The van der Waals surface area contributed by atoms with Crippen molar-refractivity contribution in [1.29, 1.82) is 0 Å². The highest BCUT2D eigenvalue weighted by Crippen LogP contribution is 2.29. The van der Waals surface area contributed by atoms with E-state index < -0.39 is 11.5 Å². The molecule has 5 heteroatoms. The maximum atomic E-state index is 11.5. The zero-order valence-corrected chi connectivity index (χ0v) is 9.62. The summed E-state index contributed by atoms with van der Waals surface area (Å²) in [5.41, 5.74) is -1.02. The molecule has 0 aromatic rings. The van der Waals surface area contributed by atoms with E-state index in [0.717, 1.165) is 12.8 Å². The molecule has 0 unspecified atom stereocenters. The highest BCUT2D eigenvalue weighted by atomic mass is 16.5. The Hall–Kier alpha value is -1.10. The van der Waals surface area contributed by atoms with Crippen LogP contribution in [0.5, 0.6) is 0 Å². The third-order valence-electron chi connectivity index (χ3n) is 2.92. The topological polar surface area (TPSA) is 75.6 Å². The number of carboxylic acid groups (broad SMARTS) is 1. The van der Waals surface area contributed by atoms with Crippen molar-refractivity contribution in [2.45, 2.75) is 44.6 Å². The van der Waals surface area contributed by atoms with Crippen LogP contribution in [-0.4, -0.2) is 35.7 Å². The number of carboxylic acids is 1. The van der Waals surface area contributed by atoms with Gasteiger partial charge in [-0.05, 0) is 19.8 Å². The third kappa shape index (κ3) is 3.20. The smallest absolute Gasteiger partial charge is 0.329 e. The number of rotatable bonds is 6. The van der Waals surface area contributed by atoms with E-state index in [1.807, 2.05) is 6.92 Å². The fourth-order valence-electron chi connectivity index (χ4n) is 2.01. The Morgan fingerprint density at radius 2 is 2.00 bits per heavy atom. The van der Waals surface area contributed by atoms with E-state index in [0.29, 0.717) is 26.1 Å². The van der Waals surface area contributed by atoms with Crippen molar-refractivity contribution in [3.8, 4) is 0 Å². The van der Waals surface area contributed by atoms with Crippen LogP contribution in [0.3, 0.4) is 0 Å². The summed E-state index contributed by atoms with van der Waals surface area (Å²) in [6, 6.07) is 0. The van der Waals surface area contributed by atoms with Gasteiger partial charge in [0.15, 0.2) is 0 Å². The van der Waals surface area contributed by atoms with E-state index in [9.17, 15) is 9.59 Å². The summed E-state index contributed by atoms with van der Waals surface area (Å²) in [6.07, 6.45) is 3.00. The molecular weight excluding hydrogens is 210 g/mol. The Morgan fingerprint density at radius 1 is 1.38 bits per heavy atom. The molecule has 0 heterocycles. The van der Waals surface area contributed by atoms with Gasteiger partial charge in [-0.15, -0.1) is 0 Å². The van der Waals surface area contributed by atoms with Crippen molar-refractivity contribution in [2.24, 2.45) is 0 Å². The highest BCUT2D eigenvalue weighted by molar-refractivity contribution is 5.87. The number of hydrogen-bond donors (Lipinski definition) is 2. The number of nitrogens with one attached hydrogen (secondary N) is 1. The minimum absolute atomic E-state index is 0.225. The lowest BCUT2D eigenvalue weighted by Gasteiger charge is -2.25. The summed E-state index contributed by atoms with van der Waals surface area (Å²) in [4.78, 5) is 22.7. The second-order valence-corrected chi connectivity index (χ2v) is 4.09. The molecule has 16 heavy (non-hydrogen) atoms. The lowest BCUT2D eigenvalue weighted by atomic mass is 9.97. The van der Waals surface area contributed by atoms with Gasteiger partial charge in [-0.25, -0.2) is 4.79 Å². The molecule has 1 aliphatic carbocycles. The average molecular weight is 229 g/mol. The highest BCUT2D eigenvalue weighted by Gasteiger charge is 2.42. The lowest BCUT2D eigenvalue weighted by molar-refractivity contribution is -0.147. The SMILES string of the molecule is CCOCCC(=O)NC1(C(=O)O)CCCC1. The molecule has 0 aromatic heterocycles. The molecule has 0 spiro atoms. The van der Waals surface area contributed by atoms with E-state index in [1.165, 1.54) is 0 Å². The van der Waals surface area contributed by atoms with Crippen molar-refractivity contribution < 1.29 is 19.4 Å². The Kier molecular flexibility index (Phi) is 4.73. The van der Waals surface area contributed by atoms with Gasteiger partial charge in [0.2, 0.25) is 5.91 Å². The lowest BCUT2D eigenvalue weighted by Crippen LogP contribution is -2.52. The standard InChI is InChI=1S/C11H19NO4/c1-2-16-8-5-9(13)12-11(10(14)15)6-3-4-7-11/h2-8H2,1H3,(H,12,13)(H,14,15). The Labute approximate surface area is 95.2 Å². The second kappa shape index (κ2) is 5.84. The van der Waals surface area contributed by atoms with Crippen LogP contribution in [0.2, 0.25) is 0 Å². The van der Waals surface area contributed by atoms with Gasteiger partial charge in [0.25, 0.3) is 0 Å². The van der Waals surface area contributed by atoms with Gasteiger partial charge in [0.05, 0.1) is 6.61 Å². The van der Waals surface area contributed by atoms with Crippen LogP contribution in [0, 0.1) is 0 Å². The van der Waals surface area contributed by atoms with Gasteiger partial charge >= 0.3 is 5.97 Å². The molecule has 0 radical (unpaired) electrons. The summed E-state index contributed by atoms with van der Waals surface area (Å²) >= 11 is 0. The first kappa shape index (κ1) is 13.0. The minimum Gasteiger partial charge on any atom is -0.480 e. The van der Waals surface area contributed by atoms with Crippen LogP contribution in [0.15, 0.2) is 0 Å². The van der Waals surface area contributed by atoms with E-state index >= 15 is 0 Å². The van der Waals surface area contributed by atoms with Crippen LogP contribution < -0.4 is 5.32 Å². The fourth-order valence-corrected chi connectivity index (χ4v) is 2.01. The molecular formula is C11H19NO4. The average Bonchev–Trinajstić information content (AvgIpc) is 2.68. The summed E-state index contributed by atoms with van der Waals surface area (Å²) in [6.45, 7) is 2.77. The molecule has 1 amide bonds. The first-order chi connectivity index (χ1) is 7.60. The number of hydrogen-bond acceptors (Lipinski definition) is 3. The normalized spacial score (nSPS) is 18.3.